The van der Waals surface area contributed by atoms with Gasteiger partial charge in [-0.05, 0) is 183 Å². The van der Waals surface area contributed by atoms with Crippen molar-refractivity contribution < 1.29 is 28.8 Å². The molecular weight excluding hydrogens is 1510 g/mol. The van der Waals surface area contributed by atoms with Crippen LogP contribution >= 0.6 is 24.8 Å². The second kappa shape index (κ2) is 34.6. The first-order valence-electron chi connectivity index (χ1n) is 39.0. The van der Waals surface area contributed by atoms with Gasteiger partial charge in [-0.3, -0.25) is 28.8 Å². The Labute approximate surface area is 708 Å². The molecule has 0 radical (unpaired) electrons. The third kappa shape index (κ3) is 14.6. The van der Waals surface area contributed by atoms with Crippen LogP contribution in [0, 0.1) is 0 Å². The van der Waals surface area contributed by atoms with Crippen LogP contribution in [0.5, 0.6) is 0 Å². The second-order valence-corrected chi connectivity index (χ2v) is 29.5. The van der Waals surface area contributed by atoms with Crippen LogP contribution in [0.3, 0.4) is 0 Å². The molecule has 24 rings (SSSR count). The van der Waals surface area contributed by atoms with E-state index < -0.39 is 0 Å². The van der Waals surface area contributed by atoms with Gasteiger partial charge >= 0.3 is 0 Å². The lowest BCUT2D eigenvalue weighted by Gasteiger charge is -2.15. The number of rotatable bonds is 8. The number of benzene rings is 17. The van der Waals surface area contributed by atoms with Crippen molar-refractivity contribution in [3.8, 4) is 22.3 Å². The zero-order valence-electron chi connectivity index (χ0n) is 63.8. The van der Waals surface area contributed by atoms with E-state index in [1.165, 1.54) is 155 Å². The summed E-state index contributed by atoms with van der Waals surface area (Å²) in [6.07, 6.45) is 10.4. The summed E-state index contributed by atoms with van der Waals surface area (Å²) in [4.78, 5) is 69.1. The number of allylic oxidation sites excluding steroid dienone is 8. The Hall–Kier alpha value is -14.7. The van der Waals surface area contributed by atoms with Gasteiger partial charge in [0.25, 0.3) is 0 Å². The monoisotopic (exact) mass is 1590 g/mol. The van der Waals surface area contributed by atoms with Crippen LogP contribution in [0.1, 0.15) is 80.1 Å². The van der Waals surface area contributed by atoms with E-state index >= 15 is 0 Å². The predicted molar refractivity (Wildman–Crippen MR) is 507 cm³/mol. The highest BCUT2D eigenvalue weighted by atomic mass is 35.5. The van der Waals surface area contributed by atoms with Gasteiger partial charge in [0.15, 0.2) is 17.3 Å². The van der Waals surface area contributed by atoms with E-state index in [0.29, 0.717) is 24.0 Å². The Balaban J connectivity index is 0.000000120. The molecule has 5 aliphatic carbocycles. The average Bonchev–Trinajstić information content (AvgIpc) is 1.52. The molecule has 0 atom stereocenters. The quantitative estimate of drug-likeness (QED) is 0.111. The summed E-state index contributed by atoms with van der Waals surface area (Å²) in [5.74, 6) is -0.617. The zero-order chi connectivity index (χ0) is 78.3. The van der Waals surface area contributed by atoms with Crippen molar-refractivity contribution in [3.05, 3.63) is 444 Å². The third-order valence-electron chi connectivity index (χ3n) is 22.6. The standard InChI is InChI=1S/C38H22.C27H16O.C15H14O.C12H6O2.C12H8.C6H4O2.2CH4.2ClH/c1-3-11-25(12-4-1)33-35-27-19-7-15-23-17-9-21-29(31(23)27)37(35)34(26-13-5-2-6-14-26)38-30-22-10-18-24-16-8-20-28(32(24)30)36(33)38;28-27-23(18-9-3-1-4-10-18)25-20-15-7-13-17-14-8-16-21(22(17)20)26(25)24(27)19-11-5-2-6-12-19;16-15(11-13-7-3-1-4-8-13)12-14-9-5-2-6-10-14;13-11-8-5-1-3-7-4-2-6-9(10(7)8)12(11)14;1-3-9-4-2-6-11-8-7-10(5-1)12(9)11;7-5-1-2-6(8)4-3-5;;;;/h1-22H;1-16H;1-10H,11-12H2;1-6H;1-8H;1-4H;2*1H4;2*1H. The highest BCUT2D eigenvalue weighted by molar-refractivity contribution is 6.61. The number of fused-ring (bicyclic) bond motifs is 9. The molecule has 8 heteroatoms. The summed E-state index contributed by atoms with van der Waals surface area (Å²) >= 11 is 0. The van der Waals surface area contributed by atoms with Crippen molar-refractivity contribution in [1.29, 1.82) is 0 Å². The second-order valence-electron chi connectivity index (χ2n) is 29.5. The molecule has 6 nitrogen and oxygen atoms in total. The highest BCUT2D eigenvalue weighted by Gasteiger charge is 2.40. The van der Waals surface area contributed by atoms with Crippen LogP contribution < -0.4 is 0 Å². The van der Waals surface area contributed by atoms with E-state index in [1.54, 1.807) is 24.3 Å². The van der Waals surface area contributed by atoms with Gasteiger partial charge in [0.2, 0.25) is 11.6 Å². The molecule has 19 aromatic carbocycles. The minimum atomic E-state index is -0.378. The Morgan fingerprint density at radius 1 is 0.208 bits per heavy atom. The first kappa shape index (κ1) is 80.5. The first-order valence-corrected chi connectivity index (χ1v) is 39.0. The molecule has 0 saturated carbocycles. The fourth-order valence-electron chi connectivity index (χ4n) is 17.8. The Morgan fingerprint density at radius 3 is 0.792 bits per heavy atom. The van der Waals surface area contributed by atoms with Gasteiger partial charge in [0.1, 0.15) is 5.78 Å². The predicted octanol–water partition coefficient (Wildman–Crippen LogP) is 28.0. The average molecular weight is 1590 g/mol. The number of carbonyl (C=O) groups is 6. The molecule has 578 valence electrons. The van der Waals surface area contributed by atoms with Crippen molar-refractivity contribution in [1.82, 2.24) is 0 Å². The molecule has 5 aliphatic rings. The van der Waals surface area contributed by atoms with Crippen LogP contribution in [0.4, 0.5) is 0 Å². The summed E-state index contributed by atoms with van der Waals surface area (Å²) in [5.41, 5.74) is 19.3. The molecule has 0 heterocycles. The molecule has 0 spiro atoms. The number of carbonyl (C=O) groups excluding carboxylic acids is 6. The molecule has 0 amide bonds. The number of ketones is 6. The van der Waals surface area contributed by atoms with Gasteiger partial charge in [0.05, 0.1) is 0 Å². The van der Waals surface area contributed by atoms with Crippen molar-refractivity contribution >= 4 is 191 Å². The normalized spacial score (nSPS) is 12.8. The summed E-state index contributed by atoms with van der Waals surface area (Å²) < 4.78 is 0. The minimum absolute atomic E-state index is 0. The van der Waals surface area contributed by atoms with E-state index in [-0.39, 0.29) is 74.4 Å². The van der Waals surface area contributed by atoms with Gasteiger partial charge in [0, 0.05) is 51.6 Å². The SMILES string of the molecule is C.C.C1=Cc2cccc3cccc1c23.Cl.Cl.O=C(Cc1ccccc1)Cc1ccccc1.O=C1C(=O)c2cccc3cccc1c23.O=C1C(c2ccccc2)=C2C(=C1c1ccccc1)c1cccc3cccc2c13.O=C1C=CC(=O)C=C1.c1ccc(-c2c3c4cccc5cccc(c3c(-c3ccccc3)c3c6cccc7cccc(c23)c76)c54)cc1. The fourth-order valence-corrected chi connectivity index (χ4v) is 17.8. The molecule has 0 bridgehead atoms. The lowest BCUT2D eigenvalue weighted by atomic mass is 9.87. The summed E-state index contributed by atoms with van der Waals surface area (Å²) in [6.45, 7) is 0. The Bertz CT molecular complexity index is 6840. The maximum Gasteiger partial charge on any atom is 0.234 e. The smallest absolute Gasteiger partial charge is 0.234 e. The molecule has 0 aromatic heterocycles. The van der Waals surface area contributed by atoms with Crippen molar-refractivity contribution in [2.24, 2.45) is 0 Å². The first-order chi connectivity index (χ1) is 57.1. The van der Waals surface area contributed by atoms with Crippen molar-refractivity contribution in [3.63, 3.8) is 0 Å². The van der Waals surface area contributed by atoms with Crippen LogP contribution in [-0.4, -0.2) is 34.7 Å². The van der Waals surface area contributed by atoms with E-state index in [1.807, 2.05) is 133 Å². The lowest BCUT2D eigenvalue weighted by Crippen LogP contribution is -2.06. The molecule has 0 aliphatic heterocycles. The van der Waals surface area contributed by atoms with E-state index in [2.05, 4.69) is 218 Å². The summed E-state index contributed by atoms with van der Waals surface area (Å²) in [7, 11) is 0. The van der Waals surface area contributed by atoms with Gasteiger partial charge in [-0.2, -0.15) is 0 Å². The molecular formula is C112H80Cl2O6. The number of hydrogen-bond acceptors (Lipinski definition) is 6. The van der Waals surface area contributed by atoms with Gasteiger partial charge in [-0.1, -0.05) is 391 Å². The number of halogens is 2. The van der Waals surface area contributed by atoms with Gasteiger partial charge < -0.3 is 0 Å². The van der Waals surface area contributed by atoms with Crippen LogP contribution in [0.25, 0.3) is 154 Å². The van der Waals surface area contributed by atoms with Crippen LogP contribution in [0.2, 0.25) is 0 Å². The highest BCUT2D eigenvalue weighted by Crippen LogP contribution is 2.58. The molecule has 0 fully saturated rings. The summed E-state index contributed by atoms with van der Waals surface area (Å²) in [6, 6.07) is 126. The number of hydrogen-bond donors (Lipinski definition) is 0. The van der Waals surface area contributed by atoms with Crippen LogP contribution in [-0.2, 0) is 32.0 Å². The molecule has 0 N–H and O–H groups in total. The molecule has 0 saturated heterocycles. The maximum atomic E-state index is 13.7. The lowest BCUT2D eigenvalue weighted by molar-refractivity contribution is -0.118. The van der Waals surface area contributed by atoms with Crippen molar-refractivity contribution in [2.45, 2.75) is 27.7 Å². The zero-order valence-corrected chi connectivity index (χ0v) is 65.4. The molecule has 19 aromatic rings. The molecule has 120 heavy (non-hydrogen) atoms. The maximum absolute atomic E-state index is 13.7. The largest absolute Gasteiger partial charge is 0.299 e. The van der Waals surface area contributed by atoms with Crippen molar-refractivity contribution in [2.75, 3.05) is 0 Å². The fraction of sp³-hybridized carbons (Fsp3) is 0.0357. The topological polar surface area (TPSA) is 102 Å². The van der Waals surface area contributed by atoms with E-state index in [4.69, 9.17) is 0 Å². The van der Waals surface area contributed by atoms with Crippen LogP contribution in [0.15, 0.2) is 388 Å². The Kier molecular flexibility index (Phi) is 23.2. The molecule has 0 unspecified atom stereocenters. The Morgan fingerprint density at radius 2 is 0.467 bits per heavy atom. The summed E-state index contributed by atoms with van der Waals surface area (Å²) in [5, 5.41) is 23.2. The van der Waals surface area contributed by atoms with E-state index in [9.17, 15) is 28.8 Å². The van der Waals surface area contributed by atoms with E-state index in [0.717, 1.165) is 55.3 Å². The van der Waals surface area contributed by atoms with Gasteiger partial charge in [-0.15, -0.1) is 24.8 Å². The minimum Gasteiger partial charge on any atom is -0.299 e. The van der Waals surface area contributed by atoms with Gasteiger partial charge in [-0.25, -0.2) is 0 Å². The number of Topliss-reactive ketones (excluding diaryl/α,β-unsaturated/α-hetero) is 4. The third-order valence-corrected chi connectivity index (χ3v) is 22.6.